The van der Waals surface area contributed by atoms with Crippen LogP contribution >= 0.6 is 12.2 Å². The third kappa shape index (κ3) is 2.45. The summed E-state index contributed by atoms with van der Waals surface area (Å²) >= 11 is 5.23. The van der Waals surface area contributed by atoms with E-state index < -0.39 is 0 Å². The van der Waals surface area contributed by atoms with Gasteiger partial charge < -0.3 is 20.7 Å². The summed E-state index contributed by atoms with van der Waals surface area (Å²) in [5.41, 5.74) is 7.74. The molecule has 2 saturated carbocycles. The first kappa shape index (κ1) is 17.4. The third-order valence-corrected chi connectivity index (χ3v) is 6.27. The number of nitrogens with zero attached hydrogens (tertiary/aromatic N) is 3. The number of aromatic nitrogens is 2. The molecule has 0 aromatic carbocycles. The van der Waals surface area contributed by atoms with Crippen molar-refractivity contribution in [3.63, 3.8) is 0 Å². The lowest BCUT2D eigenvalue weighted by Gasteiger charge is -2.28. The molecule has 2 fully saturated rings. The van der Waals surface area contributed by atoms with Gasteiger partial charge >= 0.3 is 0 Å². The Morgan fingerprint density at radius 1 is 1.42 bits per heavy atom. The summed E-state index contributed by atoms with van der Waals surface area (Å²) < 4.78 is 5.63. The van der Waals surface area contributed by atoms with Gasteiger partial charge in [0.25, 0.3) is 0 Å². The molecule has 3 rings (SSSR count). The van der Waals surface area contributed by atoms with Gasteiger partial charge in [-0.1, -0.05) is 26.1 Å². The Kier molecular flexibility index (Phi) is 4.20. The summed E-state index contributed by atoms with van der Waals surface area (Å²) in [5.74, 6) is 2.51. The molecule has 132 valence electrons. The standard InChI is InChI=1S/C17H27N5OS/c1-8-11(7-10-13(23-6)17(8,10)3)20-15-12(14(18)24)9(2)19-16(21-15)22(4)5/h8,10-11,13H,7H2,1-6H3,(H2,18,24)(H,19,20,21). The van der Waals surface area contributed by atoms with E-state index >= 15 is 0 Å². The van der Waals surface area contributed by atoms with Crippen LogP contribution in [0, 0.1) is 24.2 Å². The number of ether oxygens (including phenoxy) is 1. The molecule has 1 heterocycles. The SMILES string of the molecule is COC1C2CC(Nc3nc(N(C)C)nc(C)c3C(N)=S)C(C)C21C. The van der Waals surface area contributed by atoms with Gasteiger partial charge in [-0.05, 0) is 25.2 Å². The fourth-order valence-corrected chi connectivity index (χ4v) is 4.65. The average Bonchev–Trinajstić information content (AvgIpc) is 3.00. The summed E-state index contributed by atoms with van der Waals surface area (Å²) in [6.45, 7) is 6.54. The maximum atomic E-state index is 5.93. The Morgan fingerprint density at radius 3 is 2.54 bits per heavy atom. The number of fused-ring (bicyclic) bond motifs is 1. The van der Waals surface area contributed by atoms with E-state index in [1.165, 1.54) is 0 Å². The van der Waals surface area contributed by atoms with Crippen molar-refractivity contribution in [2.75, 3.05) is 31.4 Å². The fourth-order valence-electron chi connectivity index (χ4n) is 4.40. The van der Waals surface area contributed by atoms with Crippen LogP contribution in [-0.4, -0.2) is 48.3 Å². The average molecular weight is 350 g/mol. The normalized spacial score (nSPS) is 33.9. The number of aryl methyl sites for hydroxylation is 1. The van der Waals surface area contributed by atoms with Gasteiger partial charge in [-0.2, -0.15) is 4.98 Å². The van der Waals surface area contributed by atoms with Crippen LogP contribution in [-0.2, 0) is 4.74 Å². The van der Waals surface area contributed by atoms with E-state index in [0.717, 1.165) is 23.5 Å². The molecular formula is C17H27N5OS. The second-order valence-corrected chi connectivity index (χ2v) is 7.94. The van der Waals surface area contributed by atoms with E-state index in [2.05, 4.69) is 29.1 Å². The maximum Gasteiger partial charge on any atom is 0.227 e. The van der Waals surface area contributed by atoms with E-state index in [1.54, 1.807) is 0 Å². The molecule has 5 atom stereocenters. The van der Waals surface area contributed by atoms with Crippen molar-refractivity contribution in [2.24, 2.45) is 23.0 Å². The van der Waals surface area contributed by atoms with Crippen LogP contribution in [0.3, 0.4) is 0 Å². The highest BCUT2D eigenvalue weighted by atomic mass is 32.1. The van der Waals surface area contributed by atoms with Crippen molar-refractivity contribution >= 4 is 29.0 Å². The molecule has 0 spiro atoms. The Bertz CT molecular complexity index is 679. The molecular weight excluding hydrogens is 322 g/mol. The largest absolute Gasteiger partial charge is 0.389 e. The highest BCUT2D eigenvalue weighted by molar-refractivity contribution is 7.80. The number of nitrogens with one attached hydrogen (secondary N) is 1. The Labute approximate surface area is 149 Å². The monoisotopic (exact) mass is 349 g/mol. The second kappa shape index (κ2) is 5.81. The van der Waals surface area contributed by atoms with Crippen molar-refractivity contribution in [2.45, 2.75) is 39.3 Å². The number of hydrogen-bond donors (Lipinski definition) is 2. The molecule has 0 saturated heterocycles. The molecule has 0 aliphatic heterocycles. The van der Waals surface area contributed by atoms with Crippen molar-refractivity contribution < 1.29 is 4.74 Å². The zero-order valence-corrected chi connectivity index (χ0v) is 16.1. The van der Waals surface area contributed by atoms with E-state index in [9.17, 15) is 0 Å². The Balaban J connectivity index is 1.89. The first-order valence-electron chi connectivity index (χ1n) is 8.36. The topological polar surface area (TPSA) is 76.3 Å². The Morgan fingerprint density at radius 2 is 2.08 bits per heavy atom. The molecule has 0 bridgehead atoms. The minimum atomic E-state index is 0.252. The number of methoxy groups -OCH3 is 1. The number of hydrogen-bond acceptors (Lipinski definition) is 6. The van der Waals surface area contributed by atoms with E-state index in [0.29, 0.717) is 34.9 Å². The van der Waals surface area contributed by atoms with Crippen LogP contribution in [0.2, 0.25) is 0 Å². The minimum absolute atomic E-state index is 0.252. The predicted octanol–water partition coefficient (Wildman–Crippen LogP) is 1.96. The minimum Gasteiger partial charge on any atom is -0.389 e. The quantitative estimate of drug-likeness (QED) is 0.787. The first-order valence-corrected chi connectivity index (χ1v) is 8.77. The third-order valence-electron chi connectivity index (χ3n) is 6.06. The Hall–Kier alpha value is -1.47. The van der Waals surface area contributed by atoms with Crippen LogP contribution in [0.1, 0.15) is 31.5 Å². The molecule has 1 aromatic heterocycles. The molecule has 5 unspecified atom stereocenters. The summed E-state index contributed by atoms with van der Waals surface area (Å²) in [6.07, 6.45) is 1.46. The number of anilines is 2. The number of nitrogens with two attached hydrogens (primary N) is 1. The summed E-state index contributed by atoms with van der Waals surface area (Å²) in [7, 11) is 5.67. The molecule has 0 amide bonds. The van der Waals surface area contributed by atoms with Gasteiger partial charge in [-0.15, -0.1) is 0 Å². The van der Waals surface area contributed by atoms with Crippen molar-refractivity contribution in [1.82, 2.24) is 9.97 Å². The van der Waals surface area contributed by atoms with Gasteiger partial charge in [0.2, 0.25) is 5.95 Å². The van der Waals surface area contributed by atoms with Crippen molar-refractivity contribution in [3.05, 3.63) is 11.3 Å². The molecule has 3 N–H and O–H groups in total. The van der Waals surface area contributed by atoms with Crippen LogP contribution in [0.5, 0.6) is 0 Å². The lowest BCUT2D eigenvalue weighted by atomic mass is 9.90. The van der Waals surface area contributed by atoms with E-state index in [-0.39, 0.29) is 5.41 Å². The second-order valence-electron chi connectivity index (χ2n) is 7.50. The highest BCUT2D eigenvalue weighted by Gasteiger charge is 2.70. The van der Waals surface area contributed by atoms with Crippen molar-refractivity contribution in [1.29, 1.82) is 0 Å². The highest BCUT2D eigenvalue weighted by Crippen LogP contribution is 2.67. The smallest absolute Gasteiger partial charge is 0.227 e. The van der Waals surface area contributed by atoms with E-state index in [1.807, 2.05) is 33.0 Å². The van der Waals surface area contributed by atoms with Gasteiger partial charge in [-0.25, -0.2) is 4.98 Å². The molecule has 0 radical (unpaired) electrons. The summed E-state index contributed by atoms with van der Waals surface area (Å²) in [4.78, 5) is 11.4. The summed E-state index contributed by atoms with van der Waals surface area (Å²) in [5, 5.41) is 3.61. The number of thiocarbonyl (C=S) groups is 1. The molecule has 24 heavy (non-hydrogen) atoms. The maximum absolute atomic E-state index is 5.93. The van der Waals surface area contributed by atoms with Gasteiger partial charge in [0, 0.05) is 32.7 Å². The molecule has 2 aliphatic carbocycles. The van der Waals surface area contributed by atoms with Crippen molar-refractivity contribution in [3.8, 4) is 0 Å². The van der Waals surface area contributed by atoms with Crippen LogP contribution in [0.15, 0.2) is 0 Å². The molecule has 2 aliphatic rings. The van der Waals surface area contributed by atoms with Gasteiger partial charge in [0.1, 0.15) is 10.8 Å². The zero-order chi connectivity index (χ0) is 17.8. The molecule has 7 heteroatoms. The fraction of sp³-hybridized carbons (Fsp3) is 0.706. The van der Waals surface area contributed by atoms with Gasteiger partial charge in [0.15, 0.2) is 0 Å². The van der Waals surface area contributed by atoms with Crippen LogP contribution in [0.4, 0.5) is 11.8 Å². The predicted molar refractivity (Wildman–Crippen MR) is 101 cm³/mol. The van der Waals surface area contributed by atoms with E-state index in [4.69, 9.17) is 22.7 Å². The zero-order valence-electron chi connectivity index (χ0n) is 15.3. The van der Waals surface area contributed by atoms with Crippen LogP contribution < -0.4 is 16.0 Å². The lowest BCUT2D eigenvalue weighted by molar-refractivity contribution is 0.114. The molecule has 6 nitrogen and oxygen atoms in total. The van der Waals surface area contributed by atoms with Gasteiger partial charge in [0.05, 0.1) is 17.4 Å². The summed E-state index contributed by atoms with van der Waals surface area (Å²) in [6, 6.07) is 0.337. The lowest BCUT2D eigenvalue weighted by Crippen LogP contribution is -2.33. The van der Waals surface area contributed by atoms with Crippen LogP contribution in [0.25, 0.3) is 0 Å². The molecule has 1 aromatic rings. The first-order chi connectivity index (χ1) is 11.2. The van der Waals surface area contributed by atoms with Gasteiger partial charge in [-0.3, -0.25) is 0 Å². The number of rotatable bonds is 5.